The van der Waals surface area contributed by atoms with Gasteiger partial charge in [-0.1, -0.05) is 139 Å². The van der Waals surface area contributed by atoms with Gasteiger partial charge in [-0.3, -0.25) is 0 Å². The number of hydrogen-bond acceptors (Lipinski definition) is 0. The van der Waals surface area contributed by atoms with Gasteiger partial charge in [0.1, 0.15) is 0 Å². The lowest BCUT2D eigenvalue weighted by Gasteiger charge is -2.34. The molecule has 2 aromatic rings. The molecule has 0 aliphatic heterocycles. The molecule has 148 valence electrons. The number of hydrogen-bond donors (Lipinski definition) is 0. The molecular weight excluding hydrogens is 324 g/mol. The van der Waals surface area contributed by atoms with Gasteiger partial charge < -0.3 is 0 Å². The summed E-state index contributed by atoms with van der Waals surface area (Å²) in [4.78, 5) is 0. The van der Waals surface area contributed by atoms with E-state index in [4.69, 9.17) is 0 Å². The zero-order valence-corrected chi connectivity index (χ0v) is 17.8. The Balaban J connectivity index is 1.85. The first-order valence-corrected chi connectivity index (χ1v) is 11.4. The minimum absolute atomic E-state index is 0.169. The van der Waals surface area contributed by atoms with Crippen molar-refractivity contribution in [2.75, 3.05) is 0 Å². The summed E-state index contributed by atoms with van der Waals surface area (Å²) in [5.41, 5.74) is 3.13. The van der Waals surface area contributed by atoms with E-state index >= 15 is 0 Å². The van der Waals surface area contributed by atoms with Crippen LogP contribution in [-0.2, 0) is 5.41 Å². The lowest BCUT2D eigenvalue weighted by molar-refractivity contribution is 0.424. The number of benzene rings is 2. The molecule has 0 radical (unpaired) electrons. The van der Waals surface area contributed by atoms with Gasteiger partial charge in [-0.05, 0) is 24.0 Å². The smallest absolute Gasteiger partial charge is 0.0200 e. The van der Waals surface area contributed by atoms with Gasteiger partial charge in [0, 0.05) is 5.41 Å². The van der Waals surface area contributed by atoms with Crippen LogP contribution in [0.1, 0.15) is 102 Å². The maximum Gasteiger partial charge on any atom is 0.0200 e. The molecule has 0 heteroatoms. The van der Waals surface area contributed by atoms with Gasteiger partial charge in [0.25, 0.3) is 0 Å². The third-order valence-corrected chi connectivity index (χ3v) is 6.21. The molecule has 0 heterocycles. The van der Waals surface area contributed by atoms with Crippen molar-refractivity contribution in [1.82, 2.24) is 0 Å². The Hall–Kier alpha value is -1.56. The SMILES string of the molecule is CCCCCCCCCCCCC(CC)(c1ccccc1)c1ccccc1. The van der Waals surface area contributed by atoms with Crippen LogP contribution in [0.3, 0.4) is 0 Å². The van der Waals surface area contributed by atoms with E-state index in [9.17, 15) is 0 Å². The zero-order valence-electron chi connectivity index (χ0n) is 17.8. The standard InChI is InChI=1S/C27H40/c1-3-5-6-7-8-9-10-11-12-19-24-27(4-2,25-20-15-13-16-21-25)26-22-17-14-18-23-26/h13-18,20-23H,3-12,19,24H2,1-2H3. The maximum absolute atomic E-state index is 2.36. The lowest BCUT2D eigenvalue weighted by Crippen LogP contribution is -2.27. The number of rotatable bonds is 14. The van der Waals surface area contributed by atoms with Gasteiger partial charge in [-0.15, -0.1) is 0 Å². The van der Waals surface area contributed by atoms with Crippen LogP contribution in [0.25, 0.3) is 0 Å². The van der Waals surface area contributed by atoms with Gasteiger partial charge >= 0.3 is 0 Å². The van der Waals surface area contributed by atoms with E-state index in [2.05, 4.69) is 74.5 Å². The monoisotopic (exact) mass is 364 g/mol. The van der Waals surface area contributed by atoms with Crippen LogP contribution in [-0.4, -0.2) is 0 Å². The largest absolute Gasteiger partial charge is 0.0654 e. The summed E-state index contributed by atoms with van der Waals surface area (Å²) in [6.07, 6.45) is 16.4. The Morgan fingerprint density at radius 2 is 0.926 bits per heavy atom. The van der Waals surface area contributed by atoms with E-state index in [1.807, 2.05) is 0 Å². The van der Waals surface area contributed by atoms with Gasteiger partial charge in [-0.25, -0.2) is 0 Å². The van der Waals surface area contributed by atoms with Crippen LogP contribution in [0.4, 0.5) is 0 Å². The second-order valence-corrected chi connectivity index (χ2v) is 8.10. The molecule has 0 saturated carbocycles. The predicted octanol–water partition coefficient (Wildman–Crippen LogP) is 8.69. The Morgan fingerprint density at radius 1 is 0.519 bits per heavy atom. The van der Waals surface area contributed by atoms with Crippen LogP contribution in [0.2, 0.25) is 0 Å². The molecule has 0 saturated heterocycles. The third kappa shape index (κ3) is 6.83. The highest BCUT2D eigenvalue weighted by Gasteiger charge is 2.31. The van der Waals surface area contributed by atoms with Crippen LogP contribution in [0.5, 0.6) is 0 Å². The molecule has 27 heavy (non-hydrogen) atoms. The molecular formula is C27H40. The fourth-order valence-electron chi connectivity index (χ4n) is 4.47. The summed E-state index contributed by atoms with van der Waals surface area (Å²) < 4.78 is 0. The molecule has 0 bridgehead atoms. The molecule has 0 aliphatic rings. The average molecular weight is 365 g/mol. The van der Waals surface area contributed by atoms with Crippen LogP contribution in [0, 0.1) is 0 Å². The van der Waals surface area contributed by atoms with Crippen LogP contribution in [0.15, 0.2) is 60.7 Å². The van der Waals surface area contributed by atoms with Crippen molar-refractivity contribution >= 4 is 0 Å². The van der Waals surface area contributed by atoms with E-state index in [0.29, 0.717) is 0 Å². The maximum atomic E-state index is 2.36. The molecule has 2 aromatic carbocycles. The van der Waals surface area contributed by atoms with Crippen molar-refractivity contribution in [2.24, 2.45) is 0 Å². The van der Waals surface area contributed by atoms with Crippen molar-refractivity contribution in [2.45, 2.75) is 96.3 Å². The molecule has 0 aliphatic carbocycles. The molecule has 0 nitrogen and oxygen atoms in total. The predicted molar refractivity (Wildman–Crippen MR) is 120 cm³/mol. The van der Waals surface area contributed by atoms with Gasteiger partial charge in [0.2, 0.25) is 0 Å². The highest BCUT2D eigenvalue weighted by Crippen LogP contribution is 2.40. The fraction of sp³-hybridized carbons (Fsp3) is 0.556. The van der Waals surface area contributed by atoms with E-state index in [0.717, 1.165) is 0 Å². The van der Waals surface area contributed by atoms with Crippen molar-refractivity contribution in [3.05, 3.63) is 71.8 Å². The normalized spacial score (nSPS) is 11.6. The summed E-state index contributed by atoms with van der Waals surface area (Å²) in [7, 11) is 0. The molecule has 0 spiro atoms. The first-order valence-electron chi connectivity index (χ1n) is 11.4. The summed E-state index contributed by atoms with van der Waals surface area (Å²) in [6.45, 7) is 4.65. The molecule has 0 atom stereocenters. The van der Waals surface area contributed by atoms with E-state index in [-0.39, 0.29) is 5.41 Å². The second-order valence-electron chi connectivity index (χ2n) is 8.10. The Labute approximate surface area is 168 Å². The fourth-order valence-corrected chi connectivity index (χ4v) is 4.47. The highest BCUT2D eigenvalue weighted by atomic mass is 14.3. The van der Waals surface area contributed by atoms with E-state index in [1.54, 1.807) is 0 Å². The summed E-state index contributed by atoms with van der Waals surface area (Å²) in [6, 6.07) is 22.4. The minimum atomic E-state index is 0.169. The molecule has 0 aromatic heterocycles. The zero-order chi connectivity index (χ0) is 19.2. The topological polar surface area (TPSA) is 0 Å². The Bertz CT molecular complexity index is 544. The van der Waals surface area contributed by atoms with Crippen molar-refractivity contribution in [1.29, 1.82) is 0 Å². The molecule has 0 amide bonds. The van der Waals surface area contributed by atoms with Gasteiger partial charge in [0.05, 0.1) is 0 Å². The first kappa shape index (κ1) is 21.7. The van der Waals surface area contributed by atoms with Crippen LogP contribution < -0.4 is 0 Å². The van der Waals surface area contributed by atoms with Gasteiger partial charge in [-0.2, -0.15) is 0 Å². The van der Waals surface area contributed by atoms with Crippen molar-refractivity contribution in [3.63, 3.8) is 0 Å². The summed E-state index contributed by atoms with van der Waals surface area (Å²) in [5, 5.41) is 0. The van der Waals surface area contributed by atoms with Gasteiger partial charge in [0.15, 0.2) is 0 Å². The second kappa shape index (κ2) is 12.8. The lowest BCUT2D eigenvalue weighted by atomic mass is 9.69. The van der Waals surface area contributed by atoms with Crippen molar-refractivity contribution < 1.29 is 0 Å². The van der Waals surface area contributed by atoms with Crippen molar-refractivity contribution in [3.8, 4) is 0 Å². The minimum Gasteiger partial charge on any atom is -0.0654 e. The highest BCUT2D eigenvalue weighted by molar-refractivity contribution is 5.39. The average Bonchev–Trinajstić information content (AvgIpc) is 2.74. The van der Waals surface area contributed by atoms with E-state index < -0.39 is 0 Å². The Morgan fingerprint density at radius 3 is 1.33 bits per heavy atom. The molecule has 0 fully saturated rings. The van der Waals surface area contributed by atoms with Crippen LogP contribution >= 0.6 is 0 Å². The first-order chi connectivity index (χ1) is 13.3. The summed E-state index contributed by atoms with van der Waals surface area (Å²) in [5.74, 6) is 0. The summed E-state index contributed by atoms with van der Waals surface area (Å²) >= 11 is 0. The molecule has 0 unspecified atom stereocenters. The molecule has 0 N–H and O–H groups in total. The third-order valence-electron chi connectivity index (χ3n) is 6.21. The quantitative estimate of drug-likeness (QED) is 0.294. The number of unbranched alkanes of at least 4 members (excludes halogenated alkanes) is 9. The Kier molecular flexibility index (Phi) is 10.3. The molecule has 2 rings (SSSR count). The van der Waals surface area contributed by atoms with E-state index in [1.165, 1.54) is 88.2 Å².